The summed E-state index contributed by atoms with van der Waals surface area (Å²) in [5, 5.41) is 9.07. The van der Waals surface area contributed by atoms with E-state index in [0.29, 0.717) is 12.6 Å². The van der Waals surface area contributed by atoms with Gasteiger partial charge in [0.05, 0.1) is 6.61 Å². The van der Waals surface area contributed by atoms with Gasteiger partial charge in [-0.3, -0.25) is 4.90 Å². The quantitative estimate of drug-likeness (QED) is 0.475. The summed E-state index contributed by atoms with van der Waals surface area (Å²) in [6, 6.07) is 1.14. The normalized spacial score (nSPS) is 20.6. The highest BCUT2D eigenvalue weighted by atomic mass is 16.3. The zero-order valence-electron chi connectivity index (χ0n) is 14.9. The van der Waals surface area contributed by atoms with Gasteiger partial charge < -0.3 is 10.8 Å². The number of aliphatic hydroxyl groups is 1. The molecular formula is C19H40N2O. The van der Waals surface area contributed by atoms with Gasteiger partial charge in [0.2, 0.25) is 0 Å². The molecule has 2 atom stereocenters. The number of nitrogens with two attached hydrogens (primary N) is 1. The van der Waals surface area contributed by atoms with Crippen molar-refractivity contribution in [2.24, 2.45) is 5.73 Å². The maximum Gasteiger partial charge on any atom is 0.0558 e. The molecule has 1 aliphatic heterocycles. The topological polar surface area (TPSA) is 49.5 Å². The molecule has 1 heterocycles. The van der Waals surface area contributed by atoms with E-state index < -0.39 is 0 Å². The standard InChI is InChI=1S/C19H40N2O/c1-18(20)12-9-7-5-3-2-4-6-8-10-13-19-14-11-15-21(19)16-17-22/h18-19,22H,2-17,20H2,1H3/t18-,19+/m1/s1. The van der Waals surface area contributed by atoms with E-state index in [4.69, 9.17) is 10.8 Å². The van der Waals surface area contributed by atoms with Gasteiger partial charge in [0.25, 0.3) is 0 Å². The molecule has 1 rings (SSSR count). The number of hydrogen-bond donors (Lipinski definition) is 2. The third kappa shape index (κ3) is 9.81. The molecule has 132 valence electrons. The fourth-order valence-electron chi connectivity index (χ4n) is 3.73. The van der Waals surface area contributed by atoms with Gasteiger partial charge in [-0.15, -0.1) is 0 Å². The van der Waals surface area contributed by atoms with Crippen molar-refractivity contribution >= 4 is 0 Å². The first kappa shape index (κ1) is 19.9. The van der Waals surface area contributed by atoms with Crippen LogP contribution in [0.15, 0.2) is 0 Å². The van der Waals surface area contributed by atoms with Crippen LogP contribution in [0.3, 0.4) is 0 Å². The van der Waals surface area contributed by atoms with E-state index in [1.165, 1.54) is 90.0 Å². The number of aliphatic hydroxyl groups excluding tert-OH is 1. The van der Waals surface area contributed by atoms with Gasteiger partial charge in [-0.2, -0.15) is 0 Å². The van der Waals surface area contributed by atoms with E-state index in [-0.39, 0.29) is 0 Å². The van der Waals surface area contributed by atoms with Crippen molar-refractivity contribution < 1.29 is 5.11 Å². The third-order valence-electron chi connectivity index (χ3n) is 5.08. The number of unbranched alkanes of at least 4 members (excludes halogenated alkanes) is 8. The lowest BCUT2D eigenvalue weighted by Gasteiger charge is -2.23. The molecule has 1 saturated heterocycles. The van der Waals surface area contributed by atoms with Gasteiger partial charge in [0, 0.05) is 18.6 Å². The predicted octanol–water partition coefficient (Wildman–Crippen LogP) is 4.08. The average Bonchev–Trinajstić information content (AvgIpc) is 2.92. The molecule has 0 aromatic heterocycles. The van der Waals surface area contributed by atoms with Crippen molar-refractivity contribution in [1.29, 1.82) is 0 Å². The number of rotatable bonds is 14. The fourth-order valence-corrected chi connectivity index (χ4v) is 3.73. The molecular weight excluding hydrogens is 272 g/mol. The van der Waals surface area contributed by atoms with E-state index in [1.54, 1.807) is 0 Å². The molecule has 3 N–H and O–H groups in total. The summed E-state index contributed by atoms with van der Waals surface area (Å²) in [6.45, 7) is 4.51. The maximum atomic E-state index is 9.07. The summed E-state index contributed by atoms with van der Waals surface area (Å²) in [6.07, 6.45) is 17.7. The van der Waals surface area contributed by atoms with E-state index in [2.05, 4.69) is 11.8 Å². The Kier molecular flexibility index (Phi) is 12.1. The highest BCUT2D eigenvalue weighted by Crippen LogP contribution is 2.22. The summed E-state index contributed by atoms with van der Waals surface area (Å²) in [5.74, 6) is 0. The SMILES string of the molecule is C[C@@H](N)CCCCCCCCCCC[C@H]1CCCN1CCO. The second-order valence-electron chi connectivity index (χ2n) is 7.29. The minimum Gasteiger partial charge on any atom is -0.395 e. The third-order valence-corrected chi connectivity index (χ3v) is 5.08. The number of likely N-dealkylation sites (tertiary alicyclic amines) is 1. The molecule has 0 unspecified atom stereocenters. The van der Waals surface area contributed by atoms with Crippen LogP contribution in [-0.4, -0.2) is 41.8 Å². The van der Waals surface area contributed by atoms with Crippen LogP contribution in [0.25, 0.3) is 0 Å². The Morgan fingerprint density at radius 1 is 1.00 bits per heavy atom. The zero-order valence-corrected chi connectivity index (χ0v) is 14.9. The Morgan fingerprint density at radius 3 is 2.18 bits per heavy atom. The molecule has 1 aliphatic rings. The van der Waals surface area contributed by atoms with Gasteiger partial charge in [-0.1, -0.05) is 57.8 Å². The lowest BCUT2D eigenvalue weighted by molar-refractivity contribution is 0.177. The largest absolute Gasteiger partial charge is 0.395 e. The molecule has 0 aliphatic carbocycles. The summed E-state index contributed by atoms with van der Waals surface area (Å²) < 4.78 is 0. The molecule has 0 aromatic carbocycles. The second-order valence-corrected chi connectivity index (χ2v) is 7.29. The molecule has 0 saturated carbocycles. The van der Waals surface area contributed by atoms with Crippen LogP contribution in [0, 0.1) is 0 Å². The van der Waals surface area contributed by atoms with Crippen LogP contribution < -0.4 is 5.73 Å². The van der Waals surface area contributed by atoms with Crippen molar-refractivity contribution in [3.05, 3.63) is 0 Å². The Labute approximate surface area is 138 Å². The molecule has 0 radical (unpaired) electrons. The molecule has 0 spiro atoms. The van der Waals surface area contributed by atoms with Gasteiger partial charge in [0.15, 0.2) is 0 Å². The fraction of sp³-hybridized carbons (Fsp3) is 1.00. The number of hydrogen-bond acceptors (Lipinski definition) is 3. The summed E-state index contributed by atoms with van der Waals surface area (Å²) >= 11 is 0. The predicted molar refractivity (Wildman–Crippen MR) is 96.1 cm³/mol. The van der Waals surface area contributed by atoms with Gasteiger partial charge >= 0.3 is 0 Å². The molecule has 0 amide bonds. The zero-order chi connectivity index (χ0) is 16.0. The highest BCUT2D eigenvalue weighted by Gasteiger charge is 2.22. The molecule has 22 heavy (non-hydrogen) atoms. The van der Waals surface area contributed by atoms with Crippen LogP contribution in [0.5, 0.6) is 0 Å². The summed E-state index contributed by atoms with van der Waals surface area (Å²) in [5.41, 5.74) is 5.76. The maximum absolute atomic E-state index is 9.07. The van der Waals surface area contributed by atoms with E-state index in [9.17, 15) is 0 Å². The Bertz CT molecular complexity index is 246. The van der Waals surface area contributed by atoms with Crippen molar-refractivity contribution in [2.45, 2.75) is 102 Å². The minimum atomic E-state index is 0.320. The number of nitrogens with zero attached hydrogens (tertiary/aromatic N) is 1. The molecule has 0 aromatic rings. The van der Waals surface area contributed by atoms with Crippen LogP contribution in [-0.2, 0) is 0 Å². The van der Waals surface area contributed by atoms with Gasteiger partial charge in [-0.25, -0.2) is 0 Å². The lowest BCUT2D eigenvalue weighted by Crippen LogP contribution is -2.31. The Hall–Kier alpha value is -0.120. The van der Waals surface area contributed by atoms with Crippen molar-refractivity contribution in [1.82, 2.24) is 4.90 Å². The smallest absolute Gasteiger partial charge is 0.0558 e. The van der Waals surface area contributed by atoms with Crippen LogP contribution in [0.4, 0.5) is 0 Å². The average molecular weight is 313 g/mol. The highest BCUT2D eigenvalue weighted by molar-refractivity contribution is 4.78. The monoisotopic (exact) mass is 312 g/mol. The molecule has 0 bridgehead atoms. The van der Waals surface area contributed by atoms with Gasteiger partial charge in [0.1, 0.15) is 0 Å². The van der Waals surface area contributed by atoms with Crippen LogP contribution in [0.2, 0.25) is 0 Å². The first-order valence-corrected chi connectivity index (χ1v) is 9.84. The van der Waals surface area contributed by atoms with Crippen LogP contribution in [0.1, 0.15) is 90.4 Å². The lowest BCUT2D eigenvalue weighted by atomic mass is 10.0. The Balaban J connectivity index is 1.82. The Morgan fingerprint density at radius 2 is 1.59 bits per heavy atom. The minimum absolute atomic E-state index is 0.320. The van der Waals surface area contributed by atoms with E-state index in [0.717, 1.165) is 12.6 Å². The van der Waals surface area contributed by atoms with Crippen molar-refractivity contribution in [3.8, 4) is 0 Å². The summed E-state index contributed by atoms with van der Waals surface area (Å²) in [4.78, 5) is 2.49. The van der Waals surface area contributed by atoms with Crippen molar-refractivity contribution in [2.75, 3.05) is 19.7 Å². The van der Waals surface area contributed by atoms with Crippen LogP contribution >= 0.6 is 0 Å². The van der Waals surface area contributed by atoms with Gasteiger partial charge in [-0.05, 0) is 39.2 Å². The first-order chi connectivity index (χ1) is 10.7. The van der Waals surface area contributed by atoms with Crippen molar-refractivity contribution in [3.63, 3.8) is 0 Å². The molecule has 1 fully saturated rings. The summed E-state index contributed by atoms with van der Waals surface area (Å²) in [7, 11) is 0. The molecule has 3 nitrogen and oxygen atoms in total. The molecule has 3 heteroatoms. The van der Waals surface area contributed by atoms with E-state index in [1.807, 2.05) is 0 Å². The van der Waals surface area contributed by atoms with E-state index >= 15 is 0 Å². The first-order valence-electron chi connectivity index (χ1n) is 9.84. The second kappa shape index (κ2) is 13.3. The number of β-amino-alcohol motifs (C(OH)–C–C–N with tert-alkyl or cyclic N) is 1.